The van der Waals surface area contributed by atoms with Gasteiger partial charge in [-0.15, -0.1) is 0 Å². The highest BCUT2D eigenvalue weighted by atomic mass is 16.6. The smallest absolute Gasteiger partial charge is 0.410 e. The van der Waals surface area contributed by atoms with E-state index in [0.29, 0.717) is 32.7 Å². The molecular formula is C20H31NO5. The minimum atomic E-state index is -0.988. The second kappa shape index (κ2) is 8.84. The number of rotatable bonds is 4. The first kappa shape index (κ1) is 20.7. The van der Waals surface area contributed by atoms with E-state index in [1.165, 1.54) is 0 Å². The molecule has 1 heterocycles. The summed E-state index contributed by atoms with van der Waals surface area (Å²) in [4.78, 5) is 14.0. The summed E-state index contributed by atoms with van der Waals surface area (Å²) in [6.07, 6.45) is -0.283. The Kier molecular flexibility index (Phi) is 7.03. The van der Waals surface area contributed by atoms with Gasteiger partial charge in [-0.3, -0.25) is 0 Å². The molecule has 1 fully saturated rings. The number of benzene rings is 1. The number of nitrogens with zero attached hydrogens (tertiary/aromatic N) is 1. The van der Waals surface area contributed by atoms with Crippen molar-refractivity contribution in [2.75, 3.05) is 26.3 Å². The Morgan fingerprint density at radius 2 is 2.04 bits per heavy atom. The fourth-order valence-electron chi connectivity index (χ4n) is 2.61. The van der Waals surface area contributed by atoms with Crippen LogP contribution in [0.3, 0.4) is 0 Å². The maximum absolute atomic E-state index is 12.5. The summed E-state index contributed by atoms with van der Waals surface area (Å²) in [7, 11) is 0. The van der Waals surface area contributed by atoms with Gasteiger partial charge in [0.2, 0.25) is 0 Å². The Labute approximate surface area is 156 Å². The molecule has 1 aliphatic rings. The largest absolute Gasteiger partial charge is 0.444 e. The van der Waals surface area contributed by atoms with Crippen molar-refractivity contribution < 1.29 is 24.1 Å². The zero-order valence-electron chi connectivity index (χ0n) is 16.2. The summed E-state index contributed by atoms with van der Waals surface area (Å²) < 4.78 is 17.1. The van der Waals surface area contributed by atoms with Crippen LogP contribution >= 0.6 is 0 Å². The van der Waals surface area contributed by atoms with Crippen LogP contribution in [0.4, 0.5) is 4.79 Å². The molecule has 0 aromatic heterocycles. The first-order chi connectivity index (χ1) is 12.1. The van der Waals surface area contributed by atoms with Gasteiger partial charge in [0.1, 0.15) is 5.60 Å². The Bertz CT molecular complexity index is 567. The lowest BCUT2D eigenvalue weighted by molar-refractivity contribution is -0.113. The number of aliphatic hydroxyl groups is 1. The fourth-order valence-corrected chi connectivity index (χ4v) is 2.61. The van der Waals surface area contributed by atoms with Crippen molar-refractivity contribution in [3.05, 3.63) is 35.9 Å². The first-order valence-electron chi connectivity index (χ1n) is 9.08. The van der Waals surface area contributed by atoms with E-state index in [-0.39, 0.29) is 12.7 Å². The van der Waals surface area contributed by atoms with Crippen LogP contribution in [0, 0.1) is 0 Å². The monoisotopic (exact) mass is 365 g/mol. The summed E-state index contributed by atoms with van der Waals surface area (Å²) in [6, 6.07) is 9.88. The normalized spacial score (nSPS) is 24.7. The van der Waals surface area contributed by atoms with Crippen molar-refractivity contribution in [1.29, 1.82) is 0 Å². The molecule has 6 heteroatoms. The lowest BCUT2D eigenvalue weighted by atomic mass is 10.0. The summed E-state index contributed by atoms with van der Waals surface area (Å²) in [5.74, 6) is 0. The van der Waals surface area contributed by atoms with Crippen LogP contribution in [0.25, 0.3) is 0 Å². The van der Waals surface area contributed by atoms with Crippen LogP contribution in [-0.4, -0.2) is 59.7 Å². The van der Waals surface area contributed by atoms with Crippen molar-refractivity contribution in [1.82, 2.24) is 4.90 Å². The second-order valence-corrected chi connectivity index (χ2v) is 8.11. The van der Waals surface area contributed by atoms with Crippen LogP contribution in [0.15, 0.2) is 30.3 Å². The topological polar surface area (TPSA) is 68.2 Å². The van der Waals surface area contributed by atoms with Crippen molar-refractivity contribution >= 4 is 6.09 Å². The van der Waals surface area contributed by atoms with Crippen LogP contribution in [0.5, 0.6) is 0 Å². The Hall–Kier alpha value is -1.63. The predicted molar refractivity (Wildman–Crippen MR) is 98.9 cm³/mol. The standard InChI is InChI=1S/C20H31NO5/c1-19(2,3)26-18(22)21-11-10-20(4,23)15-25-17(12-21)14-24-13-16-8-6-5-7-9-16/h5-9,17,23H,10-15H2,1-4H3/t17-,20?/m0/s1. The average molecular weight is 365 g/mol. The summed E-state index contributed by atoms with van der Waals surface area (Å²) >= 11 is 0. The molecule has 146 valence electrons. The van der Waals surface area contributed by atoms with E-state index in [2.05, 4.69) is 0 Å². The van der Waals surface area contributed by atoms with Crippen LogP contribution in [0.1, 0.15) is 39.7 Å². The van der Waals surface area contributed by atoms with Gasteiger partial charge in [-0.05, 0) is 39.7 Å². The highest BCUT2D eigenvalue weighted by Gasteiger charge is 2.32. The quantitative estimate of drug-likeness (QED) is 0.888. The maximum Gasteiger partial charge on any atom is 0.410 e. The van der Waals surface area contributed by atoms with E-state index in [4.69, 9.17) is 14.2 Å². The van der Waals surface area contributed by atoms with Crippen LogP contribution < -0.4 is 0 Å². The van der Waals surface area contributed by atoms with Gasteiger partial charge >= 0.3 is 6.09 Å². The number of hydrogen-bond donors (Lipinski definition) is 1. The molecule has 0 saturated carbocycles. The molecule has 2 atom stereocenters. The van der Waals surface area contributed by atoms with Crippen molar-refractivity contribution in [2.24, 2.45) is 0 Å². The highest BCUT2D eigenvalue weighted by Crippen LogP contribution is 2.19. The molecule has 1 aliphatic heterocycles. The van der Waals surface area contributed by atoms with E-state index in [0.717, 1.165) is 5.56 Å². The molecule has 1 amide bonds. The minimum absolute atomic E-state index is 0.217. The summed E-state index contributed by atoms with van der Waals surface area (Å²) in [6.45, 7) is 9.04. The third-order valence-electron chi connectivity index (χ3n) is 4.04. The molecule has 1 unspecified atom stereocenters. The zero-order chi connectivity index (χ0) is 19.2. The lowest BCUT2D eigenvalue weighted by Gasteiger charge is -2.36. The van der Waals surface area contributed by atoms with Gasteiger partial charge in [-0.2, -0.15) is 0 Å². The van der Waals surface area contributed by atoms with Crippen LogP contribution in [-0.2, 0) is 20.8 Å². The molecule has 1 N–H and O–H groups in total. The number of ether oxygens (including phenoxy) is 3. The molecule has 0 bridgehead atoms. The molecule has 2 rings (SSSR count). The second-order valence-electron chi connectivity index (χ2n) is 8.11. The van der Waals surface area contributed by atoms with Gasteiger partial charge in [-0.1, -0.05) is 30.3 Å². The number of carbonyl (C=O) groups is 1. The first-order valence-corrected chi connectivity index (χ1v) is 9.08. The number of hydrogen-bond acceptors (Lipinski definition) is 5. The van der Waals surface area contributed by atoms with E-state index in [9.17, 15) is 9.90 Å². The van der Waals surface area contributed by atoms with Gasteiger partial charge in [0.15, 0.2) is 0 Å². The number of amides is 1. The van der Waals surface area contributed by atoms with E-state index < -0.39 is 17.3 Å². The zero-order valence-corrected chi connectivity index (χ0v) is 16.2. The molecule has 26 heavy (non-hydrogen) atoms. The third-order valence-corrected chi connectivity index (χ3v) is 4.04. The molecule has 1 aromatic carbocycles. The minimum Gasteiger partial charge on any atom is -0.444 e. The molecule has 0 spiro atoms. The predicted octanol–water partition coefficient (Wildman–Crippen LogP) is 2.98. The van der Waals surface area contributed by atoms with Crippen molar-refractivity contribution in [3.8, 4) is 0 Å². The van der Waals surface area contributed by atoms with Gasteiger partial charge < -0.3 is 24.2 Å². The lowest BCUT2D eigenvalue weighted by Crippen LogP contribution is -2.49. The van der Waals surface area contributed by atoms with E-state index in [1.54, 1.807) is 11.8 Å². The molecular weight excluding hydrogens is 334 g/mol. The van der Waals surface area contributed by atoms with Crippen molar-refractivity contribution in [2.45, 2.75) is 58.0 Å². The molecule has 1 saturated heterocycles. The maximum atomic E-state index is 12.5. The fraction of sp³-hybridized carbons (Fsp3) is 0.650. The SMILES string of the molecule is CC1(O)CCN(C(=O)OC(C)(C)C)C[C@@H](COCc2ccccc2)OC1. The molecule has 0 aliphatic carbocycles. The Balaban J connectivity index is 1.95. The van der Waals surface area contributed by atoms with Gasteiger partial charge in [-0.25, -0.2) is 4.79 Å². The van der Waals surface area contributed by atoms with E-state index in [1.807, 2.05) is 51.1 Å². The van der Waals surface area contributed by atoms with Crippen molar-refractivity contribution in [3.63, 3.8) is 0 Å². The van der Waals surface area contributed by atoms with Gasteiger partial charge in [0, 0.05) is 6.54 Å². The number of carbonyl (C=O) groups excluding carboxylic acids is 1. The Morgan fingerprint density at radius 1 is 1.35 bits per heavy atom. The van der Waals surface area contributed by atoms with Gasteiger partial charge in [0.05, 0.1) is 38.1 Å². The highest BCUT2D eigenvalue weighted by molar-refractivity contribution is 5.68. The van der Waals surface area contributed by atoms with E-state index >= 15 is 0 Å². The summed E-state index contributed by atoms with van der Waals surface area (Å²) in [5, 5.41) is 10.4. The third kappa shape index (κ3) is 7.32. The van der Waals surface area contributed by atoms with Crippen LogP contribution in [0.2, 0.25) is 0 Å². The Morgan fingerprint density at radius 3 is 2.69 bits per heavy atom. The molecule has 1 aromatic rings. The molecule has 0 radical (unpaired) electrons. The van der Waals surface area contributed by atoms with Gasteiger partial charge in [0.25, 0.3) is 0 Å². The molecule has 6 nitrogen and oxygen atoms in total. The summed E-state index contributed by atoms with van der Waals surface area (Å²) in [5.41, 5.74) is -0.477. The average Bonchev–Trinajstić information content (AvgIpc) is 2.53.